The second-order valence-electron chi connectivity index (χ2n) is 7.65. The molecule has 1 heterocycles. The number of carbonyl (C=O) groups excluding carboxylic acids is 1. The molecule has 1 aliphatic rings. The van der Waals surface area contributed by atoms with E-state index in [1.807, 2.05) is 30.3 Å². The molecule has 0 radical (unpaired) electrons. The van der Waals surface area contributed by atoms with Gasteiger partial charge in [-0.05, 0) is 72.3 Å². The maximum Gasteiger partial charge on any atom is 0.284 e. The van der Waals surface area contributed by atoms with Gasteiger partial charge in [-0.25, -0.2) is 0 Å². The molecule has 1 saturated heterocycles. The van der Waals surface area contributed by atoms with E-state index in [0.717, 1.165) is 17.3 Å². The van der Waals surface area contributed by atoms with Gasteiger partial charge < -0.3 is 9.47 Å². The highest BCUT2D eigenvalue weighted by Gasteiger charge is 2.34. The van der Waals surface area contributed by atoms with E-state index in [4.69, 9.17) is 21.1 Å². The molecule has 7 nitrogen and oxygen atoms in total. The Morgan fingerprint density at radius 2 is 1.75 bits per heavy atom. The molecule has 0 bridgehead atoms. The number of sulfonamides is 1. The van der Waals surface area contributed by atoms with Crippen molar-refractivity contribution in [2.24, 2.45) is 4.40 Å². The number of hydrogen-bond donors (Lipinski definition) is 0. The van der Waals surface area contributed by atoms with Crippen molar-refractivity contribution in [3.8, 4) is 11.5 Å². The molecule has 3 aromatic carbocycles. The molecule has 0 atom stereocenters. The van der Waals surface area contributed by atoms with E-state index in [1.165, 1.54) is 29.2 Å². The zero-order chi connectivity index (χ0) is 25.7. The van der Waals surface area contributed by atoms with E-state index in [-0.39, 0.29) is 22.5 Å². The van der Waals surface area contributed by atoms with Crippen molar-refractivity contribution in [2.45, 2.75) is 18.4 Å². The van der Waals surface area contributed by atoms with E-state index in [9.17, 15) is 13.2 Å². The van der Waals surface area contributed by atoms with Crippen LogP contribution in [-0.2, 0) is 21.4 Å². The lowest BCUT2D eigenvalue weighted by Gasteiger charge is -2.12. The number of ether oxygens (including phenoxy) is 2. The Balaban J connectivity index is 1.61. The minimum Gasteiger partial charge on any atom is -0.493 e. The molecule has 0 aliphatic carbocycles. The molecule has 0 saturated carbocycles. The summed E-state index contributed by atoms with van der Waals surface area (Å²) < 4.78 is 40.9. The van der Waals surface area contributed by atoms with Gasteiger partial charge in [-0.15, -0.1) is 4.40 Å². The Morgan fingerprint density at radius 3 is 2.42 bits per heavy atom. The Kier molecular flexibility index (Phi) is 8.03. The molecule has 3 aromatic rings. The number of likely N-dealkylation sites (N-methyl/N-ethyl adjacent to an activating group) is 1. The fraction of sp³-hybridized carbons (Fsp3) is 0.154. The number of amidine groups is 1. The summed E-state index contributed by atoms with van der Waals surface area (Å²) in [5, 5.41) is 0.511. The molecule has 1 fully saturated rings. The molecule has 0 aromatic heterocycles. The lowest BCUT2D eigenvalue weighted by Crippen LogP contribution is -2.29. The summed E-state index contributed by atoms with van der Waals surface area (Å²) in [5.41, 5.74) is 1.71. The van der Waals surface area contributed by atoms with Crippen LogP contribution >= 0.6 is 23.4 Å². The highest BCUT2D eigenvalue weighted by molar-refractivity contribution is 8.19. The maximum absolute atomic E-state index is 13.0. The van der Waals surface area contributed by atoms with E-state index < -0.39 is 10.0 Å². The van der Waals surface area contributed by atoms with Crippen LogP contribution < -0.4 is 9.47 Å². The average molecular weight is 543 g/mol. The van der Waals surface area contributed by atoms with Crippen LogP contribution in [0.4, 0.5) is 0 Å². The van der Waals surface area contributed by atoms with Gasteiger partial charge in [0.1, 0.15) is 6.61 Å². The van der Waals surface area contributed by atoms with E-state index in [0.29, 0.717) is 33.6 Å². The first kappa shape index (κ1) is 25.8. The first-order valence-corrected chi connectivity index (χ1v) is 13.6. The molecule has 186 valence electrons. The topological polar surface area (TPSA) is 85.3 Å². The lowest BCUT2D eigenvalue weighted by atomic mass is 10.1. The number of carbonyl (C=O) groups is 1. The summed E-state index contributed by atoms with van der Waals surface area (Å²) in [7, 11) is -2.46. The Labute approximate surface area is 219 Å². The fourth-order valence-corrected chi connectivity index (χ4v) is 5.77. The van der Waals surface area contributed by atoms with E-state index in [2.05, 4.69) is 4.40 Å². The standard InChI is InChI=1S/C26H23ClN2O5S2/c1-3-29-25(30)24(35-26(29)28-36(31,32)21-12-10-20(27)11-13-21)16-19-9-14-22(33-2)23(15-19)34-17-18-7-5-4-6-8-18/h4-16H,3,17H2,1-2H3/b24-16-,28-26?. The summed E-state index contributed by atoms with van der Waals surface area (Å²) in [5.74, 6) is 0.762. The SMILES string of the molecule is CCN1C(=O)/C(=C/c2ccc(OC)c(OCc3ccccc3)c2)SC1=NS(=O)(=O)c1ccc(Cl)cc1. The zero-order valence-corrected chi connectivity index (χ0v) is 21.9. The number of thioether (sulfide) groups is 1. The predicted octanol–water partition coefficient (Wildman–Crippen LogP) is 5.61. The monoisotopic (exact) mass is 542 g/mol. The Bertz CT molecular complexity index is 1420. The smallest absolute Gasteiger partial charge is 0.284 e. The van der Waals surface area contributed by atoms with Gasteiger partial charge in [-0.2, -0.15) is 8.42 Å². The van der Waals surface area contributed by atoms with Crippen LogP contribution in [0.1, 0.15) is 18.1 Å². The van der Waals surface area contributed by atoms with Crippen LogP contribution in [0.5, 0.6) is 11.5 Å². The summed E-state index contributed by atoms with van der Waals surface area (Å²) in [6, 6.07) is 20.8. The van der Waals surface area contributed by atoms with Crippen LogP contribution in [0.25, 0.3) is 6.08 Å². The van der Waals surface area contributed by atoms with Crippen molar-refractivity contribution in [1.29, 1.82) is 0 Å². The highest BCUT2D eigenvalue weighted by Crippen LogP contribution is 2.35. The zero-order valence-electron chi connectivity index (χ0n) is 19.5. The molecule has 10 heteroatoms. The maximum atomic E-state index is 13.0. The van der Waals surface area contributed by atoms with Crippen LogP contribution in [0, 0.1) is 0 Å². The molecule has 0 spiro atoms. The number of nitrogens with zero attached hydrogens (tertiary/aromatic N) is 2. The summed E-state index contributed by atoms with van der Waals surface area (Å²) in [6.07, 6.45) is 1.68. The van der Waals surface area contributed by atoms with Crippen molar-refractivity contribution in [3.05, 3.63) is 93.9 Å². The van der Waals surface area contributed by atoms with Gasteiger partial charge >= 0.3 is 0 Å². The molecule has 0 N–H and O–H groups in total. The number of benzene rings is 3. The first-order chi connectivity index (χ1) is 17.3. The fourth-order valence-electron chi connectivity index (χ4n) is 3.40. The third-order valence-electron chi connectivity index (χ3n) is 5.24. The first-order valence-electron chi connectivity index (χ1n) is 11.0. The van der Waals surface area contributed by atoms with Crippen LogP contribution in [0.3, 0.4) is 0 Å². The van der Waals surface area contributed by atoms with Gasteiger partial charge in [-0.3, -0.25) is 9.69 Å². The normalized spacial score (nSPS) is 16.1. The predicted molar refractivity (Wildman–Crippen MR) is 143 cm³/mol. The minimum atomic E-state index is -4.02. The quantitative estimate of drug-likeness (QED) is 0.344. The van der Waals surface area contributed by atoms with Gasteiger partial charge in [0.25, 0.3) is 15.9 Å². The lowest BCUT2D eigenvalue weighted by molar-refractivity contribution is -0.122. The molecule has 1 amide bonds. The summed E-state index contributed by atoms with van der Waals surface area (Å²) in [6.45, 7) is 2.38. The molecular weight excluding hydrogens is 520 g/mol. The number of amides is 1. The average Bonchev–Trinajstić information content (AvgIpc) is 3.16. The van der Waals surface area contributed by atoms with Crippen molar-refractivity contribution >= 4 is 50.5 Å². The van der Waals surface area contributed by atoms with Crippen molar-refractivity contribution in [3.63, 3.8) is 0 Å². The van der Waals surface area contributed by atoms with Gasteiger partial charge in [0, 0.05) is 11.6 Å². The second-order valence-corrected chi connectivity index (χ2v) is 10.7. The largest absolute Gasteiger partial charge is 0.493 e. The third kappa shape index (κ3) is 5.92. The number of halogens is 1. The Hall–Kier alpha value is -3.27. The minimum absolute atomic E-state index is 0.00343. The van der Waals surface area contributed by atoms with Gasteiger partial charge in [0.05, 0.1) is 16.9 Å². The molecule has 0 unspecified atom stereocenters. The molecule has 1 aliphatic heterocycles. The van der Waals surface area contributed by atoms with Crippen LogP contribution in [0.15, 0.2) is 87.0 Å². The molecule has 4 rings (SSSR count). The van der Waals surface area contributed by atoms with Crippen LogP contribution in [-0.4, -0.2) is 38.0 Å². The number of methoxy groups -OCH3 is 1. The molecule has 36 heavy (non-hydrogen) atoms. The van der Waals surface area contributed by atoms with Gasteiger partial charge in [0.2, 0.25) is 0 Å². The van der Waals surface area contributed by atoms with E-state index >= 15 is 0 Å². The van der Waals surface area contributed by atoms with Crippen molar-refractivity contribution in [1.82, 2.24) is 4.90 Å². The number of rotatable bonds is 8. The van der Waals surface area contributed by atoms with Crippen molar-refractivity contribution in [2.75, 3.05) is 13.7 Å². The Morgan fingerprint density at radius 1 is 1.03 bits per heavy atom. The van der Waals surface area contributed by atoms with Crippen LogP contribution in [0.2, 0.25) is 5.02 Å². The van der Waals surface area contributed by atoms with E-state index in [1.54, 1.807) is 38.3 Å². The van der Waals surface area contributed by atoms with Gasteiger partial charge in [-0.1, -0.05) is 48.0 Å². The second kappa shape index (κ2) is 11.2. The summed E-state index contributed by atoms with van der Waals surface area (Å²) >= 11 is 6.87. The third-order valence-corrected chi connectivity index (χ3v) is 7.89. The number of hydrogen-bond acceptors (Lipinski definition) is 6. The highest BCUT2D eigenvalue weighted by atomic mass is 35.5. The molecular formula is C26H23ClN2O5S2. The van der Waals surface area contributed by atoms with Crippen molar-refractivity contribution < 1.29 is 22.7 Å². The summed E-state index contributed by atoms with van der Waals surface area (Å²) in [4.78, 5) is 14.7. The van der Waals surface area contributed by atoms with Gasteiger partial charge in [0.15, 0.2) is 16.7 Å².